The second kappa shape index (κ2) is 8.34. The van der Waals surface area contributed by atoms with Crippen molar-refractivity contribution >= 4 is 39.9 Å². The number of benzene rings is 1. The Hall–Kier alpha value is -2.35. The van der Waals surface area contributed by atoms with Crippen molar-refractivity contribution in [1.82, 2.24) is 19.2 Å². The first-order valence-electron chi connectivity index (χ1n) is 9.07. The molecule has 0 radical (unpaired) electrons. The maximum atomic E-state index is 12.6. The Morgan fingerprint density at radius 1 is 1.25 bits per heavy atom. The summed E-state index contributed by atoms with van der Waals surface area (Å²) in [5.41, 5.74) is 1.99. The molecule has 0 saturated carbocycles. The third-order valence-electron chi connectivity index (χ3n) is 4.89. The van der Waals surface area contributed by atoms with Gasteiger partial charge in [-0.05, 0) is 23.8 Å². The zero-order chi connectivity index (χ0) is 19.5. The Morgan fingerprint density at radius 2 is 2.00 bits per heavy atom. The topological polar surface area (TPSA) is 50.1 Å². The third-order valence-corrected chi connectivity index (χ3v) is 5.92. The predicted octanol–water partition coefficient (Wildman–Crippen LogP) is 3.42. The summed E-state index contributed by atoms with van der Waals surface area (Å²) in [5.74, 6) is 0.870. The first-order valence-corrected chi connectivity index (χ1v) is 10.3. The average Bonchev–Trinajstić information content (AvgIpc) is 3.28. The van der Waals surface area contributed by atoms with Gasteiger partial charge in [0, 0.05) is 50.4 Å². The van der Waals surface area contributed by atoms with Crippen molar-refractivity contribution in [2.24, 2.45) is 0 Å². The maximum absolute atomic E-state index is 12.6. The first kappa shape index (κ1) is 19.0. The summed E-state index contributed by atoms with van der Waals surface area (Å²) in [5, 5.41) is 2.36. The molecule has 1 saturated heterocycles. The lowest BCUT2D eigenvalue weighted by atomic mass is 10.2. The van der Waals surface area contributed by atoms with Gasteiger partial charge < -0.3 is 9.64 Å². The highest BCUT2D eigenvalue weighted by atomic mass is 35.5. The molecule has 6 nitrogen and oxygen atoms in total. The molecule has 0 atom stereocenters. The summed E-state index contributed by atoms with van der Waals surface area (Å²) >= 11 is 7.69. The molecule has 0 aliphatic carbocycles. The van der Waals surface area contributed by atoms with Crippen LogP contribution in [0.4, 0.5) is 0 Å². The van der Waals surface area contributed by atoms with E-state index in [0.29, 0.717) is 18.2 Å². The van der Waals surface area contributed by atoms with Crippen LogP contribution in [0, 0.1) is 0 Å². The minimum Gasteiger partial charge on any atom is -0.497 e. The Morgan fingerprint density at radius 3 is 2.71 bits per heavy atom. The quantitative estimate of drug-likeness (QED) is 0.598. The number of rotatable bonds is 5. The molecule has 3 aromatic rings. The number of carbonyl (C=O) groups is 1. The van der Waals surface area contributed by atoms with Crippen LogP contribution in [-0.4, -0.2) is 58.4 Å². The van der Waals surface area contributed by atoms with Crippen LogP contribution in [0.3, 0.4) is 0 Å². The number of imidazole rings is 1. The van der Waals surface area contributed by atoms with Crippen LogP contribution < -0.4 is 4.74 Å². The minimum atomic E-state index is 0.00495. The monoisotopic (exact) mass is 416 g/mol. The molecule has 1 aliphatic rings. The van der Waals surface area contributed by atoms with Gasteiger partial charge in [0.2, 0.25) is 5.91 Å². The summed E-state index contributed by atoms with van der Waals surface area (Å²) in [6.07, 6.45) is 5.24. The fraction of sp³-hybridized carbons (Fsp3) is 0.300. The Bertz CT molecular complexity index is 987. The van der Waals surface area contributed by atoms with E-state index in [9.17, 15) is 4.79 Å². The molecule has 1 aromatic carbocycles. The number of methoxy groups -OCH3 is 1. The van der Waals surface area contributed by atoms with E-state index in [1.54, 1.807) is 19.3 Å². The van der Waals surface area contributed by atoms with E-state index in [2.05, 4.69) is 22.0 Å². The van der Waals surface area contributed by atoms with Crippen molar-refractivity contribution in [2.45, 2.75) is 6.54 Å². The highest BCUT2D eigenvalue weighted by Gasteiger charge is 2.20. The van der Waals surface area contributed by atoms with Gasteiger partial charge in [-0.15, -0.1) is 11.3 Å². The van der Waals surface area contributed by atoms with Crippen molar-refractivity contribution in [1.29, 1.82) is 0 Å². The number of amides is 1. The van der Waals surface area contributed by atoms with E-state index < -0.39 is 0 Å². The second-order valence-corrected chi connectivity index (χ2v) is 7.86. The van der Waals surface area contributed by atoms with E-state index in [0.717, 1.165) is 36.0 Å². The molecule has 1 amide bonds. The molecule has 28 heavy (non-hydrogen) atoms. The van der Waals surface area contributed by atoms with Gasteiger partial charge in [-0.2, -0.15) is 0 Å². The summed E-state index contributed by atoms with van der Waals surface area (Å²) < 4.78 is 7.09. The number of carbonyl (C=O) groups excluding carboxylic acids is 1. The molecule has 2 aromatic heterocycles. The smallest absolute Gasteiger partial charge is 0.246 e. The van der Waals surface area contributed by atoms with Gasteiger partial charge in [0.25, 0.3) is 0 Å². The van der Waals surface area contributed by atoms with E-state index in [-0.39, 0.29) is 5.91 Å². The minimum absolute atomic E-state index is 0.00495. The Labute approximate surface area is 172 Å². The summed E-state index contributed by atoms with van der Waals surface area (Å²) in [6, 6.07) is 8.12. The highest BCUT2D eigenvalue weighted by Crippen LogP contribution is 2.22. The SMILES string of the molecule is COc1ccc(CN2CCN(C(=O)/C=C/c3c(Cl)nc4sccn34)CC2)cc1. The molecule has 0 spiro atoms. The number of ether oxygens (including phenoxy) is 1. The number of piperazine rings is 1. The summed E-state index contributed by atoms with van der Waals surface area (Å²) in [4.78, 5) is 21.9. The molecule has 0 N–H and O–H groups in total. The normalized spacial score (nSPS) is 15.6. The molecule has 0 bridgehead atoms. The van der Waals surface area contributed by atoms with Gasteiger partial charge in [-0.25, -0.2) is 4.98 Å². The molecule has 1 aliphatic heterocycles. The number of aromatic nitrogens is 2. The zero-order valence-electron chi connectivity index (χ0n) is 15.5. The van der Waals surface area contributed by atoms with Gasteiger partial charge in [0.05, 0.1) is 12.8 Å². The first-order chi connectivity index (χ1) is 13.6. The standard InChI is InChI=1S/C20H21ClN4O2S/c1-27-16-4-2-15(3-5-16)14-23-8-10-24(11-9-23)18(26)7-6-17-19(21)22-20-25(17)12-13-28-20/h2-7,12-13H,8-11,14H2,1H3/b7-6+. The van der Waals surface area contributed by atoms with Crippen LogP contribution in [0.15, 0.2) is 41.9 Å². The number of hydrogen-bond acceptors (Lipinski definition) is 5. The molecule has 3 heterocycles. The fourth-order valence-electron chi connectivity index (χ4n) is 3.30. The fourth-order valence-corrected chi connectivity index (χ4v) is 4.30. The van der Waals surface area contributed by atoms with Crippen molar-refractivity contribution in [3.05, 3.63) is 58.3 Å². The van der Waals surface area contributed by atoms with Crippen molar-refractivity contribution in [2.75, 3.05) is 33.3 Å². The van der Waals surface area contributed by atoms with Gasteiger partial charge >= 0.3 is 0 Å². The highest BCUT2D eigenvalue weighted by molar-refractivity contribution is 7.15. The third kappa shape index (κ3) is 4.06. The number of halogens is 1. The van der Waals surface area contributed by atoms with Gasteiger partial charge in [0.1, 0.15) is 5.75 Å². The second-order valence-electron chi connectivity index (χ2n) is 6.63. The van der Waals surface area contributed by atoms with E-state index in [1.165, 1.54) is 16.9 Å². The number of fused-ring (bicyclic) bond motifs is 1. The Balaban J connectivity index is 1.32. The number of nitrogens with zero attached hydrogens (tertiary/aromatic N) is 4. The van der Waals surface area contributed by atoms with E-state index in [1.807, 2.05) is 33.0 Å². The Kier molecular flexibility index (Phi) is 5.66. The lowest BCUT2D eigenvalue weighted by molar-refractivity contribution is -0.127. The van der Waals surface area contributed by atoms with Gasteiger partial charge in [-0.1, -0.05) is 23.7 Å². The van der Waals surface area contributed by atoms with Crippen molar-refractivity contribution in [3.8, 4) is 5.75 Å². The van der Waals surface area contributed by atoms with Crippen LogP contribution in [0.2, 0.25) is 5.15 Å². The number of thiazole rings is 1. The van der Waals surface area contributed by atoms with Crippen LogP contribution in [0.25, 0.3) is 11.0 Å². The molecule has 146 valence electrons. The van der Waals surface area contributed by atoms with Crippen LogP contribution in [-0.2, 0) is 11.3 Å². The molecular formula is C20H21ClN4O2S. The molecule has 1 fully saturated rings. The molecule has 4 rings (SSSR count). The van der Waals surface area contributed by atoms with E-state index >= 15 is 0 Å². The van der Waals surface area contributed by atoms with Gasteiger partial charge in [-0.3, -0.25) is 14.1 Å². The summed E-state index contributed by atoms with van der Waals surface area (Å²) in [7, 11) is 1.67. The van der Waals surface area contributed by atoms with Crippen LogP contribution >= 0.6 is 22.9 Å². The molecular weight excluding hydrogens is 396 g/mol. The summed E-state index contributed by atoms with van der Waals surface area (Å²) in [6.45, 7) is 4.02. The largest absolute Gasteiger partial charge is 0.497 e. The van der Waals surface area contributed by atoms with Crippen LogP contribution in [0.1, 0.15) is 11.3 Å². The van der Waals surface area contributed by atoms with E-state index in [4.69, 9.17) is 16.3 Å². The van der Waals surface area contributed by atoms with Crippen molar-refractivity contribution in [3.63, 3.8) is 0 Å². The van der Waals surface area contributed by atoms with Crippen LogP contribution in [0.5, 0.6) is 5.75 Å². The lowest BCUT2D eigenvalue weighted by Gasteiger charge is -2.34. The van der Waals surface area contributed by atoms with Crippen molar-refractivity contribution < 1.29 is 9.53 Å². The predicted molar refractivity (Wildman–Crippen MR) is 112 cm³/mol. The maximum Gasteiger partial charge on any atom is 0.246 e. The number of hydrogen-bond donors (Lipinski definition) is 0. The zero-order valence-corrected chi connectivity index (χ0v) is 17.1. The molecule has 8 heteroatoms. The average molecular weight is 417 g/mol. The van der Waals surface area contributed by atoms with Gasteiger partial charge in [0.15, 0.2) is 10.1 Å². The lowest BCUT2D eigenvalue weighted by Crippen LogP contribution is -2.47. The molecule has 0 unspecified atom stereocenters.